The van der Waals surface area contributed by atoms with Gasteiger partial charge in [-0.2, -0.15) is 0 Å². The van der Waals surface area contributed by atoms with E-state index in [0.717, 1.165) is 18.5 Å². The first kappa shape index (κ1) is 14.3. The van der Waals surface area contributed by atoms with Crippen LogP contribution in [0.25, 0.3) is 0 Å². The summed E-state index contributed by atoms with van der Waals surface area (Å²) in [5.74, 6) is 0.0745. The van der Waals surface area contributed by atoms with Gasteiger partial charge >= 0.3 is 0 Å². The molecule has 1 N–H and O–H groups in total. The lowest BCUT2D eigenvalue weighted by Crippen LogP contribution is -2.36. The molecule has 1 aliphatic rings. The molecule has 0 unspecified atom stereocenters. The molecule has 0 saturated heterocycles. The van der Waals surface area contributed by atoms with Gasteiger partial charge in [0.15, 0.2) is 11.6 Å². The van der Waals surface area contributed by atoms with Gasteiger partial charge in [0.2, 0.25) is 0 Å². The summed E-state index contributed by atoms with van der Waals surface area (Å²) in [6, 6.07) is 5.36. The zero-order chi connectivity index (χ0) is 13.7. The van der Waals surface area contributed by atoms with E-state index in [9.17, 15) is 4.39 Å². The van der Waals surface area contributed by atoms with E-state index in [-0.39, 0.29) is 5.82 Å². The Kier molecular flexibility index (Phi) is 4.81. The third-order valence-electron chi connectivity index (χ3n) is 4.26. The molecule has 1 aromatic rings. The second-order valence-electron chi connectivity index (χ2n) is 5.74. The molecule has 0 spiro atoms. The lowest BCUT2D eigenvalue weighted by molar-refractivity contribution is 0.184. The van der Waals surface area contributed by atoms with Crippen molar-refractivity contribution < 1.29 is 9.13 Å². The van der Waals surface area contributed by atoms with Gasteiger partial charge in [0.1, 0.15) is 0 Å². The molecule has 0 aromatic heterocycles. The third kappa shape index (κ3) is 3.47. The predicted octanol–water partition coefficient (Wildman–Crippen LogP) is 3.55. The highest BCUT2D eigenvalue weighted by Crippen LogP contribution is 2.39. The van der Waals surface area contributed by atoms with Gasteiger partial charge in [0, 0.05) is 6.54 Å². The molecule has 0 aliphatic heterocycles. The smallest absolute Gasteiger partial charge is 0.165 e. The summed E-state index contributed by atoms with van der Waals surface area (Å²) in [7, 11) is 3.51. The van der Waals surface area contributed by atoms with Crippen LogP contribution in [0, 0.1) is 11.2 Å². The van der Waals surface area contributed by atoms with Crippen LogP contribution < -0.4 is 10.1 Å². The molecule has 0 bridgehead atoms. The lowest BCUT2D eigenvalue weighted by atomic mass is 9.70. The Morgan fingerprint density at radius 3 is 2.58 bits per heavy atom. The Morgan fingerprint density at radius 2 is 2.00 bits per heavy atom. The molecule has 2 nitrogen and oxygen atoms in total. The predicted molar refractivity (Wildman–Crippen MR) is 76.1 cm³/mol. The molecule has 2 rings (SSSR count). The van der Waals surface area contributed by atoms with E-state index in [1.165, 1.54) is 39.2 Å². The average molecular weight is 265 g/mol. The van der Waals surface area contributed by atoms with Crippen molar-refractivity contribution in [3.05, 3.63) is 29.6 Å². The summed E-state index contributed by atoms with van der Waals surface area (Å²) in [6.45, 7) is 1.01. The van der Waals surface area contributed by atoms with Crippen molar-refractivity contribution in [3.63, 3.8) is 0 Å². The molecule has 0 amide bonds. The fourth-order valence-electron chi connectivity index (χ4n) is 3.35. The van der Waals surface area contributed by atoms with Crippen LogP contribution in [-0.4, -0.2) is 20.7 Å². The normalized spacial score (nSPS) is 18.3. The van der Waals surface area contributed by atoms with E-state index in [4.69, 9.17) is 4.74 Å². The van der Waals surface area contributed by atoms with Crippen LogP contribution in [0.4, 0.5) is 4.39 Å². The zero-order valence-corrected chi connectivity index (χ0v) is 12.0. The van der Waals surface area contributed by atoms with Crippen molar-refractivity contribution in [2.45, 2.75) is 38.5 Å². The molecule has 1 aliphatic carbocycles. The quantitative estimate of drug-likeness (QED) is 0.879. The van der Waals surface area contributed by atoms with Crippen LogP contribution >= 0.6 is 0 Å². The summed E-state index contributed by atoms with van der Waals surface area (Å²) < 4.78 is 18.7. The molecular formula is C16H24FNO. The van der Waals surface area contributed by atoms with E-state index < -0.39 is 0 Å². The number of nitrogens with one attached hydrogen (secondary N) is 1. The van der Waals surface area contributed by atoms with Crippen LogP contribution in [0.3, 0.4) is 0 Å². The van der Waals surface area contributed by atoms with Crippen LogP contribution in [0.15, 0.2) is 18.2 Å². The second-order valence-corrected chi connectivity index (χ2v) is 5.74. The third-order valence-corrected chi connectivity index (χ3v) is 4.26. The van der Waals surface area contributed by atoms with Gasteiger partial charge in [-0.25, -0.2) is 4.39 Å². The monoisotopic (exact) mass is 265 g/mol. The zero-order valence-electron chi connectivity index (χ0n) is 12.0. The number of halogens is 1. The standard InChI is InChI=1S/C16H24FNO/c1-18-12-16(8-4-3-5-9-16)11-13-6-7-15(19-2)14(17)10-13/h6-7,10,18H,3-5,8-9,11-12H2,1-2H3. The Balaban J connectivity index is 2.14. The fourth-order valence-corrected chi connectivity index (χ4v) is 3.35. The van der Waals surface area contributed by atoms with E-state index in [2.05, 4.69) is 5.32 Å². The van der Waals surface area contributed by atoms with Gasteiger partial charge in [-0.05, 0) is 49.4 Å². The van der Waals surface area contributed by atoms with E-state index in [0.29, 0.717) is 11.2 Å². The van der Waals surface area contributed by atoms with Crippen LogP contribution in [-0.2, 0) is 6.42 Å². The molecule has 0 heterocycles. The Hall–Kier alpha value is -1.09. The van der Waals surface area contributed by atoms with Crippen LogP contribution in [0.1, 0.15) is 37.7 Å². The van der Waals surface area contributed by atoms with Crippen LogP contribution in [0.2, 0.25) is 0 Å². The van der Waals surface area contributed by atoms with Gasteiger partial charge in [0.25, 0.3) is 0 Å². The van der Waals surface area contributed by atoms with Crippen LogP contribution in [0.5, 0.6) is 5.75 Å². The first-order valence-corrected chi connectivity index (χ1v) is 7.16. The molecule has 0 atom stereocenters. The minimum atomic E-state index is -0.254. The second kappa shape index (κ2) is 6.38. The number of hydrogen-bond donors (Lipinski definition) is 1. The molecule has 106 valence electrons. The van der Waals surface area contributed by atoms with E-state index >= 15 is 0 Å². The summed E-state index contributed by atoms with van der Waals surface area (Å²) in [4.78, 5) is 0. The number of rotatable bonds is 5. The molecule has 1 aromatic carbocycles. The van der Waals surface area contributed by atoms with Gasteiger partial charge in [-0.15, -0.1) is 0 Å². The summed E-state index contributed by atoms with van der Waals surface area (Å²) in [6.07, 6.45) is 7.35. The number of benzene rings is 1. The minimum absolute atomic E-state index is 0.254. The first-order chi connectivity index (χ1) is 9.19. The molecule has 3 heteroatoms. The average Bonchev–Trinajstić information content (AvgIpc) is 2.40. The topological polar surface area (TPSA) is 21.3 Å². The Bertz CT molecular complexity index is 408. The number of ether oxygens (including phenoxy) is 1. The highest BCUT2D eigenvalue weighted by Gasteiger charge is 2.31. The Labute approximate surface area is 115 Å². The molecule has 0 radical (unpaired) electrons. The summed E-state index contributed by atoms with van der Waals surface area (Å²) >= 11 is 0. The number of methoxy groups -OCH3 is 1. The van der Waals surface area contributed by atoms with Gasteiger partial charge in [0.05, 0.1) is 7.11 Å². The summed E-state index contributed by atoms with van der Waals surface area (Å²) in [5, 5.41) is 3.32. The summed E-state index contributed by atoms with van der Waals surface area (Å²) in [5.41, 5.74) is 1.38. The van der Waals surface area contributed by atoms with Crippen molar-refractivity contribution in [1.82, 2.24) is 5.32 Å². The molecular weight excluding hydrogens is 241 g/mol. The van der Waals surface area contributed by atoms with Crippen molar-refractivity contribution in [2.24, 2.45) is 5.41 Å². The first-order valence-electron chi connectivity index (χ1n) is 7.16. The fraction of sp³-hybridized carbons (Fsp3) is 0.625. The maximum absolute atomic E-state index is 13.8. The van der Waals surface area contributed by atoms with Crippen molar-refractivity contribution in [1.29, 1.82) is 0 Å². The Morgan fingerprint density at radius 1 is 1.26 bits per heavy atom. The van der Waals surface area contributed by atoms with Gasteiger partial charge in [-0.1, -0.05) is 25.3 Å². The molecule has 1 fully saturated rings. The highest BCUT2D eigenvalue weighted by atomic mass is 19.1. The maximum Gasteiger partial charge on any atom is 0.165 e. The molecule has 19 heavy (non-hydrogen) atoms. The van der Waals surface area contributed by atoms with Crippen molar-refractivity contribution in [3.8, 4) is 5.75 Å². The van der Waals surface area contributed by atoms with Crippen molar-refractivity contribution >= 4 is 0 Å². The SMILES string of the molecule is CNCC1(Cc2ccc(OC)c(F)c2)CCCCC1. The largest absolute Gasteiger partial charge is 0.494 e. The van der Waals surface area contributed by atoms with E-state index in [1.807, 2.05) is 13.1 Å². The van der Waals surface area contributed by atoms with Gasteiger partial charge < -0.3 is 10.1 Å². The number of hydrogen-bond acceptors (Lipinski definition) is 2. The highest BCUT2D eigenvalue weighted by molar-refractivity contribution is 5.30. The van der Waals surface area contributed by atoms with Crippen molar-refractivity contribution in [2.75, 3.05) is 20.7 Å². The minimum Gasteiger partial charge on any atom is -0.494 e. The lowest BCUT2D eigenvalue weighted by Gasteiger charge is -2.37. The maximum atomic E-state index is 13.8. The molecule has 1 saturated carbocycles. The van der Waals surface area contributed by atoms with E-state index in [1.54, 1.807) is 12.1 Å². The van der Waals surface area contributed by atoms with Gasteiger partial charge in [-0.3, -0.25) is 0 Å².